The monoisotopic (exact) mass is 572 g/mol. The van der Waals surface area contributed by atoms with Crippen molar-refractivity contribution in [2.45, 2.75) is 17.6 Å². The van der Waals surface area contributed by atoms with Crippen LogP contribution in [0.4, 0.5) is 18.3 Å². The molecule has 188 valence electrons. The van der Waals surface area contributed by atoms with Crippen molar-refractivity contribution < 1.29 is 37.9 Å². The second-order valence-corrected chi connectivity index (χ2v) is 10.6. The Hall–Kier alpha value is -2.18. The van der Waals surface area contributed by atoms with E-state index in [2.05, 4.69) is 20.4 Å². The van der Waals surface area contributed by atoms with Crippen molar-refractivity contribution in [1.29, 1.82) is 0 Å². The normalized spacial score (nSPS) is 24.1. The number of amides is 2. The minimum absolute atomic E-state index is 0. The van der Waals surface area contributed by atoms with Gasteiger partial charge in [-0.25, -0.2) is 9.97 Å². The zero-order chi connectivity index (χ0) is 25.5. The number of carboxylic acids is 1. The van der Waals surface area contributed by atoms with E-state index in [1.807, 2.05) is 0 Å². The number of thioether (sulfide) groups is 1. The number of halogens is 3. The van der Waals surface area contributed by atoms with Crippen molar-refractivity contribution in [2.24, 2.45) is 10.6 Å². The van der Waals surface area contributed by atoms with Crippen LogP contribution in [0.3, 0.4) is 0 Å². The number of aromatic nitrogens is 2. The third-order valence-corrected chi connectivity index (χ3v) is 8.46. The van der Waals surface area contributed by atoms with Gasteiger partial charge in [-0.3, -0.25) is 14.4 Å². The van der Waals surface area contributed by atoms with Gasteiger partial charge in [-0.15, -0.1) is 34.4 Å². The fraction of sp³-hybridized carbons (Fsp3) is 0.333. The van der Waals surface area contributed by atoms with Gasteiger partial charge < -0.3 is 26.3 Å². The van der Waals surface area contributed by atoms with Crippen LogP contribution in [-0.4, -0.2) is 102 Å². The number of rotatable bonds is 6. The second kappa shape index (κ2) is 10.7. The van der Waals surface area contributed by atoms with E-state index in [-0.39, 0.29) is 57.6 Å². The summed E-state index contributed by atoms with van der Waals surface area (Å²) in [5.74, 6) is -2.68. The number of β-lactam (4-membered cyclic amide) rings is 1. The predicted octanol–water partition coefficient (Wildman–Crippen LogP) is 0.915. The number of nitrogens with zero attached hydrogens (tertiary/aromatic N) is 4. The molecule has 2 aliphatic heterocycles. The van der Waals surface area contributed by atoms with Crippen LogP contribution in [0.25, 0.3) is 6.08 Å². The van der Waals surface area contributed by atoms with E-state index < -0.39 is 51.5 Å². The van der Waals surface area contributed by atoms with Crippen molar-refractivity contribution in [2.75, 3.05) is 18.0 Å². The first kappa shape index (κ1) is 28.4. The molecule has 2 amide bonds. The van der Waals surface area contributed by atoms with Crippen LogP contribution in [0.15, 0.2) is 22.8 Å². The van der Waals surface area contributed by atoms with Gasteiger partial charge in [0.2, 0.25) is 5.91 Å². The van der Waals surface area contributed by atoms with Gasteiger partial charge in [0.25, 0.3) is 5.91 Å². The molecule has 4 rings (SSSR count). The molecule has 0 saturated carbocycles. The van der Waals surface area contributed by atoms with Gasteiger partial charge in [-0.1, -0.05) is 11.2 Å². The van der Waals surface area contributed by atoms with Crippen molar-refractivity contribution >= 4 is 98.7 Å². The van der Waals surface area contributed by atoms with Crippen LogP contribution in [0.1, 0.15) is 15.6 Å². The van der Waals surface area contributed by atoms with Gasteiger partial charge in [0.1, 0.15) is 22.5 Å². The Morgan fingerprint density at radius 1 is 1.39 bits per heavy atom. The molecular weight excluding hydrogens is 556 g/mol. The number of carbonyl (C=O) groups is 3. The summed E-state index contributed by atoms with van der Waals surface area (Å²) in [5, 5.41) is 24.3. The van der Waals surface area contributed by atoms with Crippen LogP contribution < -0.4 is 11.1 Å². The molecule has 2 unspecified atom stereocenters. The van der Waals surface area contributed by atoms with E-state index in [0.717, 1.165) is 29.3 Å². The number of anilines is 1. The molecule has 0 bridgehead atoms. The van der Waals surface area contributed by atoms with Crippen LogP contribution in [0.2, 0.25) is 0 Å². The summed E-state index contributed by atoms with van der Waals surface area (Å²) in [6, 6.07) is -0.994. The molecule has 0 aromatic carbocycles. The minimum atomic E-state index is -4.61. The molecule has 2 saturated heterocycles. The van der Waals surface area contributed by atoms with Crippen LogP contribution in [0, 0.1) is 5.41 Å². The van der Waals surface area contributed by atoms with Crippen molar-refractivity contribution in [3.05, 3.63) is 33.2 Å². The molecule has 3 atom stereocenters. The quantitative estimate of drug-likeness (QED) is 0.129. The number of thiazole rings is 2. The molecule has 18 heteroatoms. The standard InChI is InChI=1S/C18H15F3N6O5S3.Na.H/c19-18(20,21)14-23-3-7(35-14)1-2-17(15(30)31)5-27-12(29)10(13(27)34-6-17)25-11(28)9(26-32)8-4-33-16(22)24-8;;/h1-4,10,13,32H,5-6H2,(H2,22,24)(H,25,28)(H,30,31);;/t10?,13-,17?;;/m1../s1. The molecule has 36 heavy (non-hydrogen) atoms. The summed E-state index contributed by atoms with van der Waals surface area (Å²) in [4.78, 5) is 45.8. The summed E-state index contributed by atoms with van der Waals surface area (Å²) in [5.41, 5.74) is 3.56. The van der Waals surface area contributed by atoms with Crippen molar-refractivity contribution in [1.82, 2.24) is 20.2 Å². The molecule has 2 aromatic rings. The van der Waals surface area contributed by atoms with Crippen LogP contribution in [-0.2, 0) is 20.6 Å². The van der Waals surface area contributed by atoms with Crippen molar-refractivity contribution in [3.8, 4) is 0 Å². The van der Waals surface area contributed by atoms with Gasteiger partial charge in [0, 0.05) is 28.8 Å². The summed E-state index contributed by atoms with van der Waals surface area (Å²) < 4.78 is 38.3. The summed E-state index contributed by atoms with van der Waals surface area (Å²) in [6.45, 7) is -0.240. The second-order valence-electron chi connectivity index (χ2n) is 7.50. The third kappa shape index (κ3) is 5.40. The third-order valence-electron chi connectivity index (χ3n) is 5.23. The SMILES string of the molecule is Nc1nc(C(=NO)C(=O)NC2C(=O)N3CC(C=Cc4cnc(C(F)(F)F)s4)(C(=O)O)CS[C@H]23)cs1.[NaH]. The fourth-order valence-corrected chi connectivity index (χ4v) is 6.20. The Morgan fingerprint density at radius 2 is 2.11 bits per heavy atom. The Labute approximate surface area is 234 Å². The Bertz CT molecular complexity index is 1250. The number of nitrogens with two attached hydrogens (primary N) is 1. The summed E-state index contributed by atoms with van der Waals surface area (Å²) in [7, 11) is 0. The Balaban J connectivity index is 0.00000361. The number of nitrogen functional groups attached to an aromatic ring is 1. The number of nitrogens with one attached hydrogen (secondary N) is 1. The molecule has 4 heterocycles. The van der Waals surface area contributed by atoms with Gasteiger partial charge >= 0.3 is 41.7 Å². The summed E-state index contributed by atoms with van der Waals surface area (Å²) >= 11 is 2.49. The number of hydrogen-bond donors (Lipinski definition) is 4. The average molecular weight is 573 g/mol. The number of oxime groups is 1. The van der Waals surface area contributed by atoms with Gasteiger partial charge in [-0.05, 0) is 6.08 Å². The number of hydrogen-bond acceptors (Lipinski definition) is 11. The molecule has 11 nitrogen and oxygen atoms in total. The molecule has 0 aliphatic carbocycles. The Morgan fingerprint density at radius 3 is 2.67 bits per heavy atom. The predicted molar refractivity (Wildman–Crippen MR) is 128 cm³/mol. The summed E-state index contributed by atoms with van der Waals surface area (Å²) in [6.07, 6.45) is -1.11. The zero-order valence-electron chi connectivity index (χ0n) is 17.2. The molecule has 2 aliphatic rings. The number of carboxylic acid groups (broad SMARTS) is 1. The zero-order valence-corrected chi connectivity index (χ0v) is 19.7. The molecule has 2 aromatic heterocycles. The van der Waals surface area contributed by atoms with Crippen LogP contribution in [0.5, 0.6) is 0 Å². The maximum atomic E-state index is 12.8. The van der Waals surface area contributed by atoms with E-state index in [4.69, 9.17) is 5.73 Å². The van der Waals surface area contributed by atoms with E-state index in [1.165, 1.54) is 22.4 Å². The van der Waals surface area contributed by atoms with Crippen LogP contribution >= 0.6 is 34.4 Å². The van der Waals surface area contributed by atoms with Gasteiger partial charge in [0.15, 0.2) is 15.9 Å². The van der Waals surface area contributed by atoms with E-state index in [0.29, 0.717) is 11.3 Å². The number of aliphatic carboxylic acids is 1. The molecule has 0 radical (unpaired) electrons. The molecule has 0 spiro atoms. The van der Waals surface area contributed by atoms with E-state index in [9.17, 15) is 37.9 Å². The maximum absolute atomic E-state index is 12.8. The first-order chi connectivity index (χ1) is 16.4. The number of alkyl halides is 3. The van der Waals surface area contributed by atoms with Gasteiger partial charge in [-0.2, -0.15) is 13.2 Å². The van der Waals surface area contributed by atoms with Crippen molar-refractivity contribution in [3.63, 3.8) is 0 Å². The average Bonchev–Trinajstić information content (AvgIpc) is 3.45. The molecule has 2 fully saturated rings. The van der Waals surface area contributed by atoms with Gasteiger partial charge in [0.05, 0.1) is 0 Å². The molecule has 5 N–H and O–H groups in total. The molecular formula is C18H16F3N6NaO5S3. The van der Waals surface area contributed by atoms with E-state index in [1.54, 1.807) is 0 Å². The first-order valence-electron chi connectivity index (χ1n) is 9.57. The first-order valence-corrected chi connectivity index (χ1v) is 12.3. The number of carbonyl (C=O) groups excluding carboxylic acids is 2. The Kier molecular flexibility index (Phi) is 8.41. The fourth-order valence-electron chi connectivity index (χ4n) is 3.45. The van der Waals surface area contributed by atoms with E-state index >= 15 is 0 Å². The topological polar surface area (TPSA) is 171 Å². The number of fused-ring (bicyclic) bond motifs is 1.